The number of hydrogen-bond acceptors (Lipinski definition) is 0. The minimum Gasteiger partial charge on any atom is -0.0961 e. The van der Waals surface area contributed by atoms with Gasteiger partial charge in [-0.2, -0.15) is 0 Å². The lowest BCUT2D eigenvalue weighted by Crippen LogP contribution is -1.80. The molecule has 1 aliphatic rings. The van der Waals surface area contributed by atoms with Crippen molar-refractivity contribution in [1.82, 2.24) is 0 Å². The Morgan fingerprint density at radius 3 is 2.81 bits per heavy atom. The molecule has 0 atom stereocenters. The fourth-order valence-electron chi connectivity index (χ4n) is 1.47. The first-order valence-electron chi connectivity index (χ1n) is 5.64. The van der Waals surface area contributed by atoms with E-state index in [0.717, 1.165) is 12.0 Å². The molecule has 0 aliphatic heterocycles. The first kappa shape index (κ1) is 12.5. The third-order valence-electron chi connectivity index (χ3n) is 2.48. The monoisotopic (exact) mass is 212 g/mol. The van der Waals surface area contributed by atoms with Crippen molar-refractivity contribution >= 4 is 0 Å². The Morgan fingerprint density at radius 1 is 1.38 bits per heavy atom. The van der Waals surface area contributed by atoms with Crippen molar-refractivity contribution < 1.29 is 0 Å². The van der Waals surface area contributed by atoms with Gasteiger partial charge in [-0.3, -0.25) is 0 Å². The lowest BCUT2D eigenvalue weighted by molar-refractivity contribution is 1.20. The summed E-state index contributed by atoms with van der Waals surface area (Å²) < 4.78 is 0. The molecular formula is C16H20. The van der Waals surface area contributed by atoms with E-state index in [1.807, 2.05) is 13.0 Å². The molecule has 0 saturated heterocycles. The molecule has 0 bridgehead atoms. The van der Waals surface area contributed by atoms with Gasteiger partial charge >= 0.3 is 0 Å². The van der Waals surface area contributed by atoms with Gasteiger partial charge in [0.05, 0.1) is 0 Å². The molecule has 0 heterocycles. The predicted octanol–water partition coefficient (Wildman–Crippen LogP) is 4.90. The lowest BCUT2D eigenvalue weighted by Gasteiger charge is -2.00. The fourth-order valence-corrected chi connectivity index (χ4v) is 1.47. The molecule has 0 N–H and O–H groups in total. The van der Waals surface area contributed by atoms with E-state index in [1.165, 1.54) is 16.7 Å². The van der Waals surface area contributed by atoms with Crippen molar-refractivity contribution in [3.63, 3.8) is 0 Å². The van der Waals surface area contributed by atoms with Gasteiger partial charge in [0, 0.05) is 0 Å². The highest BCUT2D eigenvalue weighted by Crippen LogP contribution is 2.17. The second kappa shape index (κ2) is 6.12. The SMILES string of the molecule is C=C(C)/C=C\C=C(/C)C1=CCC(C)=CC=C1. The second-order valence-corrected chi connectivity index (χ2v) is 4.29. The summed E-state index contributed by atoms with van der Waals surface area (Å²) >= 11 is 0. The highest BCUT2D eigenvalue weighted by atomic mass is 14.0. The third-order valence-corrected chi connectivity index (χ3v) is 2.48. The Morgan fingerprint density at radius 2 is 2.12 bits per heavy atom. The van der Waals surface area contributed by atoms with Crippen LogP contribution in [-0.2, 0) is 0 Å². The molecule has 0 aromatic carbocycles. The van der Waals surface area contributed by atoms with Gasteiger partial charge in [0.1, 0.15) is 0 Å². The fraction of sp³-hybridized carbons (Fsp3) is 0.250. The first-order valence-corrected chi connectivity index (χ1v) is 5.64. The minimum atomic E-state index is 1.04. The zero-order valence-corrected chi connectivity index (χ0v) is 10.5. The van der Waals surface area contributed by atoms with Crippen molar-refractivity contribution in [2.45, 2.75) is 27.2 Å². The number of allylic oxidation sites excluding steroid dienone is 11. The van der Waals surface area contributed by atoms with Crippen LogP contribution in [0.2, 0.25) is 0 Å². The van der Waals surface area contributed by atoms with Crippen molar-refractivity contribution in [3.8, 4) is 0 Å². The molecule has 0 heteroatoms. The van der Waals surface area contributed by atoms with Gasteiger partial charge < -0.3 is 0 Å². The van der Waals surface area contributed by atoms with Crippen LogP contribution >= 0.6 is 0 Å². The molecule has 16 heavy (non-hydrogen) atoms. The molecule has 0 fully saturated rings. The molecule has 0 saturated carbocycles. The Balaban J connectivity index is 2.75. The van der Waals surface area contributed by atoms with E-state index in [2.05, 4.69) is 56.9 Å². The van der Waals surface area contributed by atoms with Crippen molar-refractivity contribution in [3.05, 3.63) is 71.4 Å². The normalized spacial score (nSPS) is 17.1. The molecule has 0 aromatic rings. The largest absolute Gasteiger partial charge is 0.0961 e. The van der Waals surface area contributed by atoms with Crippen molar-refractivity contribution in [2.75, 3.05) is 0 Å². The maximum Gasteiger partial charge on any atom is -0.0129 e. The quantitative estimate of drug-likeness (QED) is 0.584. The summed E-state index contributed by atoms with van der Waals surface area (Å²) in [5.74, 6) is 0. The highest BCUT2D eigenvalue weighted by Gasteiger charge is 1.97. The van der Waals surface area contributed by atoms with E-state index < -0.39 is 0 Å². The van der Waals surface area contributed by atoms with Crippen molar-refractivity contribution in [1.29, 1.82) is 0 Å². The molecule has 0 nitrogen and oxygen atoms in total. The number of hydrogen-bond donors (Lipinski definition) is 0. The summed E-state index contributed by atoms with van der Waals surface area (Å²) in [7, 11) is 0. The van der Waals surface area contributed by atoms with Crippen LogP contribution in [0.1, 0.15) is 27.2 Å². The van der Waals surface area contributed by atoms with Crippen LogP contribution in [0, 0.1) is 0 Å². The van der Waals surface area contributed by atoms with E-state index in [4.69, 9.17) is 0 Å². The Bertz CT molecular complexity index is 409. The van der Waals surface area contributed by atoms with Gasteiger partial charge in [0.2, 0.25) is 0 Å². The van der Waals surface area contributed by atoms with Gasteiger partial charge in [0.25, 0.3) is 0 Å². The highest BCUT2D eigenvalue weighted by molar-refractivity contribution is 5.44. The van der Waals surface area contributed by atoms with E-state index in [-0.39, 0.29) is 0 Å². The third kappa shape index (κ3) is 4.31. The van der Waals surface area contributed by atoms with Gasteiger partial charge in [-0.1, -0.05) is 60.3 Å². The van der Waals surface area contributed by atoms with Crippen LogP contribution in [0.15, 0.2) is 71.4 Å². The zero-order valence-electron chi connectivity index (χ0n) is 10.5. The van der Waals surface area contributed by atoms with Crippen LogP contribution in [0.25, 0.3) is 0 Å². The second-order valence-electron chi connectivity index (χ2n) is 4.29. The van der Waals surface area contributed by atoms with E-state index in [1.54, 1.807) is 0 Å². The zero-order chi connectivity index (χ0) is 12.0. The number of rotatable bonds is 3. The van der Waals surface area contributed by atoms with Crippen molar-refractivity contribution in [2.24, 2.45) is 0 Å². The van der Waals surface area contributed by atoms with E-state index in [0.29, 0.717) is 0 Å². The van der Waals surface area contributed by atoms with Crippen LogP contribution < -0.4 is 0 Å². The summed E-state index contributed by atoms with van der Waals surface area (Å²) in [4.78, 5) is 0. The van der Waals surface area contributed by atoms with E-state index in [9.17, 15) is 0 Å². The van der Waals surface area contributed by atoms with Crippen LogP contribution in [0.3, 0.4) is 0 Å². The average molecular weight is 212 g/mol. The van der Waals surface area contributed by atoms with Gasteiger partial charge in [0.15, 0.2) is 0 Å². The molecule has 84 valence electrons. The van der Waals surface area contributed by atoms with Gasteiger partial charge in [-0.15, -0.1) is 0 Å². The Labute approximate surface area is 99.1 Å². The Hall–Kier alpha value is -1.56. The molecule has 0 radical (unpaired) electrons. The van der Waals surface area contributed by atoms with Crippen LogP contribution in [-0.4, -0.2) is 0 Å². The van der Waals surface area contributed by atoms with E-state index >= 15 is 0 Å². The molecular weight excluding hydrogens is 192 g/mol. The maximum atomic E-state index is 3.84. The molecule has 0 spiro atoms. The molecule has 0 aromatic heterocycles. The summed E-state index contributed by atoms with van der Waals surface area (Å²) in [5.41, 5.74) is 5.07. The maximum absolute atomic E-state index is 3.84. The first-order chi connectivity index (χ1) is 7.59. The van der Waals surface area contributed by atoms with Gasteiger partial charge in [-0.05, 0) is 38.3 Å². The predicted molar refractivity (Wildman–Crippen MR) is 73.3 cm³/mol. The average Bonchev–Trinajstić information content (AvgIpc) is 2.42. The Kier molecular flexibility index (Phi) is 4.78. The summed E-state index contributed by atoms with van der Waals surface area (Å²) in [6.45, 7) is 10.1. The lowest BCUT2D eigenvalue weighted by atomic mass is 10.1. The summed E-state index contributed by atoms with van der Waals surface area (Å²) in [5, 5.41) is 0. The van der Waals surface area contributed by atoms with Crippen LogP contribution in [0.5, 0.6) is 0 Å². The minimum absolute atomic E-state index is 1.04. The molecule has 0 amide bonds. The van der Waals surface area contributed by atoms with Crippen LogP contribution in [0.4, 0.5) is 0 Å². The smallest absolute Gasteiger partial charge is 0.0129 e. The molecule has 0 unspecified atom stereocenters. The molecule has 1 rings (SSSR count). The summed E-state index contributed by atoms with van der Waals surface area (Å²) in [6.07, 6.45) is 16.0. The van der Waals surface area contributed by atoms with Gasteiger partial charge in [-0.25, -0.2) is 0 Å². The molecule has 1 aliphatic carbocycles. The standard InChI is InChI=1S/C16H20/c1-13(2)7-5-9-15(4)16-10-6-8-14(3)11-12-16/h5-10,12H,1,11H2,2-4H3/b7-5-,15-9+. The topological polar surface area (TPSA) is 0 Å². The summed E-state index contributed by atoms with van der Waals surface area (Å²) in [6, 6.07) is 0.